The van der Waals surface area contributed by atoms with Crippen molar-refractivity contribution in [3.8, 4) is 0 Å². The van der Waals surface area contributed by atoms with Crippen LogP contribution < -0.4 is 5.32 Å². The molecule has 1 aromatic heterocycles. The zero-order valence-corrected chi connectivity index (χ0v) is 14.1. The summed E-state index contributed by atoms with van der Waals surface area (Å²) in [6.45, 7) is 1.29. The van der Waals surface area contributed by atoms with Crippen LogP contribution in [0.4, 0.5) is 5.69 Å². The Hall–Kier alpha value is -2.44. The number of rotatable bonds is 4. The minimum Gasteiger partial charge on any atom is -0.386 e. The summed E-state index contributed by atoms with van der Waals surface area (Å²) in [5, 5.41) is 6.80. The third-order valence-corrected chi connectivity index (χ3v) is 5.07. The molecule has 0 aromatic carbocycles. The molecular weight excluding hydrogens is 320 g/mol. The summed E-state index contributed by atoms with van der Waals surface area (Å²) < 4.78 is 0. The van der Waals surface area contributed by atoms with Crippen molar-refractivity contribution in [3.63, 3.8) is 0 Å². The molecule has 2 amide bonds. The summed E-state index contributed by atoms with van der Waals surface area (Å²) in [5.41, 5.74) is 0.459. The highest BCUT2D eigenvalue weighted by atomic mass is 16.7. The molecule has 0 unspecified atom stereocenters. The van der Waals surface area contributed by atoms with E-state index in [0.29, 0.717) is 36.7 Å². The van der Waals surface area contributed by atoms with E-state index in [1.54, 1.807) is 24.5 Å². The van der Waals surface area contributed by atoms with E-state index in [0.717, 1.165) is 19.4 Å². The SMILES string of the molecule is O=C(Nc1cccnc1)C1=NO[C@]2(CCCN(C(=O)CC3CC3)C2)C1. The first kappa shape index (κ1) is 16.1. The smallest absolute Gasteiger partial charge is 0.273 e. The number of hydrogen-bond acceptors (Lipinski definition) is 5. The number of oxime groups is 1. The molecule has 132 valence electrons. The summed E-state index contributed by atoms with van der Waals surface area (Å²) in [5.74, 6) is 0.511. The fourth-order valence-electron chi connectivity index (χ4n) is 3.51. The maximum Gasteiger partial charge on any atom is 0.273 e. The van der Waals surface area contributed by atoms with Crippen LogP contribution in [0.5, 0.6) is 0 Å². The summed E-state index contributed by atoms with van der Waals surface area (Å²) in [6, 6.07) is 3.53. The Labute approximate surface area is 146 Å². The number of nitrogens with zero attached hydrogens (tertiary/aromatic N) is 3. The molecular formula is C18H22N4O3. The van der Waals surface area contributed by atoms with Crippen LogP contribution in [0.25, 0.3) is 0 Å². The molecule has 1 spiro atoms. The van der Waals surface area contributed by atoms with Crippen molar-refractivity contribution >= 4 is 23.2 Å². The third kappa shape index (κ3) is 3.65. The number of amides is 2. The number of anilines is 1. The molecule has 4 rings (SSSR count). The number of nitrogens with one attached hydrogen (secondary N) is 1. The highest BCUT2D eigenvalue weighted by Crippen LogP contribution is 2.36. The van der Waals surface area contributed by atoms with Crippen LogP contribution in [0.2, 0.25) is 0 Å². The number of likely N-dealkylation sites (tertiary alicyclic amines) is 1. The Bertz CT molecular complexity index is 702. The lowest BCUT2D eigenvalue weighted by Crippen LogP contribution is -2.50. The summed E-state index contributed by atoms with van der Waals surface area (Å²) in [4.78, 5) is 36.3. The zero-order valence-electron chi connectivity index (χ0n) is 14.1. The van der Waals surface area contributed by atoms with Gasteiger partial charge in [-0.25, -0.2) is 0 Å². The molecule has 1 aliphatic carbocycles. The molecule has 1 saturated heterocycles. The Morgan fingerprint density at radius 2 is 2.28 bits per heavy atom. The third-order valence-electron chi connectivity index (χ3n) is 5.07. The molecule has 3 aliphatic rings. The number of hydrogen-bond donors (Lipinski definition) is 1. The highest BCUT2D eigenvalue weighted by molar-refractivity contribution is 6.43. The predicted octanol–water partition coefficient (Wildman–Crippen LogP) is 1.96. The first-order chi connectivity index (χ1) is 12.1. The molecule has 2 fully saturated rings. The topological polar surface area (TPSA) is 83.9 Å². The monoisotopic (exact) mass is 342 g/mol. The van der Waals surface area contributed by atoms with Gasteiger partial charge in [-0.15, -0.1) is 0 Å². The van der Waals surface area contributed by atoms with Crippen LogP contribution in [0.15, 0.2) is 29.7 Å². The standard InChI is InChI=1S/C18H22N4O3/c23-16(9-13-4-5-13)22-8-2-6-18(12-22)10-15(21-25-18)17(24)20-14-3-1-7-19-11-14/h1,3,7,11,13H,2,4-6,8-10,12H2,(H,20,24)/t18-/m1/s1. The van der Waals surface area contributed by atoms with Crippen molar-refractivity contribution in [1.82, 2.24) is 9.88 Å². The van der Waals surface area contributed by atoms with Gasteiger partial charge >= 0.3 is 0 Å². The van der Waals surface area contributed by atoms with Crippen LogP contribution in [-0.4, -0.2) is 46.1 Å². The van der Waals surface area contributed by atoms with Gasteiger partial charge in [-0.2, -0.15) is 0 Å². The van der Waals surface area contributed by atoms with E-state index in [-0.39, 0.29) is 11.8 Å². The first-order valence-corrected chi connectivity index (χ1v) is 8.88. The zero-order chi connectivity index (χ0) is 17.3. The van der Waals surface area contributed by atoms with Crippen molar-refractivity contribution in [1.29, 1.82) is 0 Å². The van der Waals surface area contributed by atoms with Gasteiger partial charge in [-0.05, 0) is 43.7 Å². The molecule has 7 heteroatoms. The van der Waals surface area contributed by atoms with E-state index in [1.807, 2.05) is 4.90 Å². The average molecular weight is 342 g/mol. The molecule has 1 saturated carbocycles. The van der Waals surface area contributed by atoms with Gasteiger partial charge in [0.2, 0.25) is 5.91 Å². The van der Waals surface area contributed by atoms with Gasteiger partial charge in [-0.1, -0.05) is 5.16 Å². The van der Waals surface area contributed by atoms with Gasteiger partial charge in [-0.3, -0.25) is 14.6 Å². The van der Waals surface area contributed by atoms with E-state index >= 15 is 0 Å². The van der Waals surface area contributed by atoms with Crippen molar-refractivity contribution in [2.45, 2.75) is 44.1 Å². The quantitative estimate of drug-likeness (QED) is 0.906. The van der Waals surface area contributed by atoms with Crippen LogP contribution in [0, 0.1) is 5.92 Å². The van der Waals surface area contributed by atoms with Crippen molar-refractivity contribution in [2.75, 3.05) is 18.4 Å². The number of pyridine rings is 1. The minimum atomic E-state index is -0.543. The first-order valence-electron chi connectivity index (χ1n) is 8.88. The Morgan fingerprint density at radius 1 is 1.40 bits per heavy atom. The number of carbonyl (C=O) groups is 2. The lowest BCUT2D eigenvalue weighted by atomic mass is 9.87. The van der Waals surface area contributed by atoms with Crippen molar-refractivity contribution in [3.05, 3.63) is 24.5 Å². The van der Waals surface area contributed by atoms with Gasteiger partial charge in [0.25, 0.3) is 5.91 Å². The van der Waals surface area contributed by atoms with Gasteiger partial charge in [0, 0.05) is 25.6 Å². The number of aromatic nitrogens is 1. The van der Waals surface area contributed by atoms with Crippen LogP contribution in [0.1, 0.15) is 38.5 Å². The fraction of sp³-hybridized carbons (Fsp3) is 0.556. The molecule has 1 N–H and O–H groups in total. The van der Waals surface area contributed by atoms with Gasteiger partial charge < -0.3 is 15.1 Å². The maximum absolute atomic E-state index is 12.4. The Kier molecular flexibility index (Phi) is 4.15. The summed E-state index contributed by atoms with van der Waals surface area (Å²) in [6.07, 6.45) is 8.35. The van der Waals surface area contributed by atoms with Crippen molar-refractivity contribution < 1.29 is 14.4 Å². The molecule has 2 aliphatic heterocycles. The second-order valence-electron chi connectivity index (χ2n) is 7.25. The number of carbonyl (C=O) groups excluding carboxylic acids is 2. The van der Waals surface area contributed by atoms with E-state index in [9.17, 15) is 9.59 Å². The Balaban J connectivity index is 1.36. The van der Waals surface area contributed by atoms with E-state index in [2.05, 4.69) is 15.5 Å². The lowest BCUT2D eigenvalue weighted by molar-refractivity contribution is -0.141. The summed E-state index contributed by atoms with van der Waals surface area (Å²) in [7, 11) is 0. The van der Waals surface area contributed by atoms with Crippen molar-refractivity contribution in [2.24, 2.45) is 11.1 Å². The Morgan fingerprint density at radius 3 is 3.04 bits per heavy atom. The molecule has 1 aromatic rings. The van der Waals surface area contributed by atoms with Gasteiger partial charge in [0.05, 0.1) is 18.4 Å². The second kappa shape index (κ2) is 6.46. The largest absolute Gasteiger partial charge is 0.386 e. The summed E-state index contributed by atoms with van der Waals surface area (Å²) >= 11 is 0. The molecule has 25 heavy (non-hydrogen) atoms. The average Bonchev–Trinajstić information content (AvgIpc) is 3.35. The molecule has 0 bridgehead atoms. The van der Waals surface area contributed by atoms with E-state index in [4.69, 9.17) is 4.84 Å². The van der Waals surface area contributed by atoms with E-state index < -0.39 is 5.60 Å². The maximum atomic E-state index is 12.4. The molecule has 0 radical (unpaired) electrons. The molecule has 7 nitrogen and oxygen atoms in total. The van der Waals surface area contributed by atoms with Gasteiger partial charge in [0.1, 0.15) is 5.71 Å². The van der Waals surface area contributed by atoms with Crippen LogP contribution >= 0.6 is 0 Å². The second-order valence-corrected chi connectivity index (χ2v) is 7.25. The minimum absolute atomic E-state index is 0.207. The number of piperidine rings is 1. The fourth-order valence-corrected chi connectivity index (χ4v) is 3.51. The normalized spacial score (nSPS) is 25.4. The van der Waals surface area contributed by atoms with Crippen LogP contribution in [0.3, 0.4) is 0 Å². The lowest BCUT2D eigenvalue weighted by Gasteiger charge is -2.38. The van der Waals surface area contributed by atoms with Gasteiger partial charge in [0.15, 0.2) is 5.60 Å². The van der Waals surface area contributed by atoms with Crippen LogP contribution in [-0.2, 0) is 14.4 Å². The molecule has 1 atom stereocenters. The molecule has 3 heterocycles. The van der Waals surface area contributed by atoms with E-state index in [1.165, 1.54) is 12.8 Å². The highest BCUT2D eigenvalue weighted by Gasteiger charge is 2.45. The predicted molar refractivity (Wildman–Crippen MR) is 91.9 cm³/mol.